The molecule has 0 aliphatic heterocycles. The highest BCUT2D eigenvalue weighted by Crippen LogP contribution is 2.25. The minimum atomic E-state index is -3.38. The highest BCUT2D eigenvalue weighted by Gasteiger charge is 2.32. The lowest BCUT2D eigenvalue weighted by Gasteiger charge is -2.27. The van der Waals surface area contributed by atoms with E-state index in [1.54, 1.807) is 0 Å². The van der Waals surface area contributed by atoms with E-state index in [0.29, 0.717) is 0 Å². The summed E-state index contributed by atoms with van der Waals surface area (Å²) in [6.45, 7) is 0.167. The molecule has 3 N–H and O–H groups in total. The topological polar surface area (TPSA) is 96.5 Å². The third kappa shape index (κ3) is 4.25. The summed E-state index contributed by atoms with van der Waals surface area (Å²) < 4.78 is 30.4. The van der Waals surface area contributed by atoms with E-state index in [9.17, 15) is 8.42 Å². The van der Waals surface area contributed by atoms with E-state index in [-0.39, 0.29) is 30.8 Å². The van der Waals surface area contributed by atoms with Gasteiger partial charge in [0, 0.05) is 13.2 Å². The van der Waals surface area contributed by atoms with Crippen LogP contribution in [-0.2, 0) is 14.8 Å². The molecule has 6 nitrogen and oxygen atoms in total. The number of rotatable bonds is 7. The van der Waals surface area contributed by atoms with Crippen molar-refractivity contribution in [1.29, 1.82) is 5.41 Å². The van der Waals surface area contributed by atoms with Gasteiger partial charge in [0.2, 0.25) is 10.0 Å². The minimum absolute atomic E-state index is 0.000700. The fraction of sp³-hybridized carbons (Fsp3) is 0.900. The van der Waals surface area contributed by atoms with Crippen molar-refractivity contribution in [2.75, 3.05) is 26.0 Å². The maximum atomic E-state index is 12.1. The van der Waals surface area contributed by atoms with Crippen molar-refractivity contribution < 1.29 is 13.2 Å². The summed E-state index contributed by atoms with van der Waals surface area (Å²) >= 11 is 0. The molecule has 0 atom stereocenters. The fourth-order valence-corrected chi connectivity index (χ4v) is 3.73. The van der Waals surface area contributed by atoms with Gasteiger partial charge < -0.3 is 10.5 Å². The molecule has 0 amide bonds. The van der Waals surface area contributed by atoms with Crippen molar-refractivity contribution >= 4 is 15.9 Å². The minimum Gasteiger partial charge on any atom is -0.387 e. The summed E-state index contributed by atoms with van der Waals surface area (Å²) in [7, 11) is -1.90. The van der Waals surface area contributed by atoms with Gasteiger partial charge in [-0.25, -0.2) is 8.42 Å². The molecule has 7 heteroatoms. The molecule has 1 rings (SSSR count). The van der Waals surface area contributed by atoms with Crippen molar-refractivity contribution in [3.05, 3.63) is 0 Å². The Balaban J connectivity index is 2.76. The molecule has 0 heterocycles. The van der Waals surface area contributed by atoms with Crippen molar-refractivity contribution in [3.63, 3.8) is 0 Å². The number of methoxy groups -OCH3 is 1. The Labute approximate surface area is 103 Å². The van der Waals surface area contributed by atoms with Crippen LogP contribution in [0.2, 0.25) is 0 Å². The van der Waals surface area contributed by atoms with Crippen molar-refractivity contribution in [1.82, 2.24) is 4.31 Å². The van der Waals surface area contributed by atoms with E-state index in [2.05, 4.69) is 0 Å². The molecule has 0 unspecified atom stereocenters. The monoisotopic (exact) mass is 263 g/mol. The standard InChI is InChI=1S/C10H21N3O3S/c1-16-6-7-17(14,15)13(8-10(11)12)9-4-2-3-5-9/h9H,2-8H2,1H3,(H3,11,12). The number of sulfonamides is 1. The van der Waals surface area contributed by atoms with Crippen molar-refractivity contribution in [2.24, 2.45) is 5.73 Å². The molecule has 1 aliphatic carbocycles. The number of ether oxygens (including phenoxy) is 1. The summed E-state index contributed by atoms with van der Waals surface area (Å²) in [4.78, 5) is 0. The largest absolute Gasteiger partial charge is 0.387 e. The summed E-state index contributed by atoms with van der Waals surface area (Å²) in [6.07, 6.45) is 3.80. The predicted molar refractivity (Wildman–Crippen MR) is 66.5 cm³/mol. The third-order valence-electron chi connectivity index (χ3n) is 2.96. The molecule has 0 aromatic heterocycles. The molecular weight excluding hydrogens is 242 g/mol. The first-order valence-electron chi connectivity index (χ1n) is 5.78. The number of nitrogens with zero attached hydrogens (tertiary/aromatic N) is 1. The van der Waals surface area contributed by atoms with Crippen LogP contribution < -0.4 is 5.73 Å². The quantitative estimate of drug-likeness (QED) is 0.504. The lowest BCUT2D eigenvalue weighted by atomic mass is 10.2. The van der Waals surface area contributed by atoms with Gasteiger partial charge in [-0.2, -0.15) is 4.31 Å². The molecule has 0 aromatic rings. The Kier molecular flexibility index (Phi) is 5.35. The lowest BCUT2D eigenvalue weighted by molar-refractivity contribution is 0.214. The molecule has 0 bridgehead atoms. The van der Waals surface area contributed by atoms with Crippen LogP contribution in [0.4, 0.5) is 0 Å². The SMILES string of the molecule is COCCS(=O)(=O)N(CC(=N)N)C1CCCC1. The fourth-order valence-electron chi connectivity index (χ4n) is 2.12. The molecule has 1 aliphatic rings. The van der Waals surface area contributed by atoms with Gasteiger partial charge in [-0.1, -0.05) is 12.8 Å². The van der Waals surface area contributed by atoms with Crippen LogP contribution in [0.3, 0.4) is 0 Å². The highest BCUT2D eigenvalue weighted by molar-refractivity contribution is 7.89. The van der Waals surface area contributed by atoms with Gasteiger partial charge in [0.1, 0.15) is 5.84 Å². The van der Waals surface area contributed by atoms with Crippen molar-refractivity contribution in [3.8, 4) is 0 Å². The zero-order valence-corrected chi connectivity index (χ0v) is 11.0. The van der Waals surface area contributed by atoms with Crippen LogP contribution in [0, 0.1) is 5.41 Å². The molecule has 0 spiro atoms. The van der Waals surface area contributed by atoms with E-state index in [1.807, 2.05) is 0 Å². The number of hydrogen-bond acceptors (Lipinski definition) is 4. The normalized spacial score (nSPS) is 17.8. The first kappa shape index (κ1) is 14.4. The second kappa shape index (κ2) is 6.32. The zero-order valence-electron chi connectivity index (χ0n) is 10.2. The number of nitrogens with one attached hydrogen (secondary N) is 1. The average Bonchev–Trinajstić information content (AvgIpc) is 2.76. The van der Waals surface area contributed by atoms with Crippen LogP contribution >= 0.6 is 0 Å². The van der Waals surface area contributed by atoms with Gasteiger partial charge in [0.25, 0.3) is 0 Å². The van der Waals surface area contributed by atoms with Gasteiger partial charge in [-0.15, -0.1) is 0 Å². The van der Waals surface area contributed by atoms with Crippen LogP contribution in [0.5, 0.6) is 0 Å². The second-order valence-corrected chi connectivity index (χ2v) is 6.36. The molecule has 100 valence electrons. The van der Waals surface area contributed by atoms with Gasteiger partial charge in [0.15, 0.2) is 0 Å². The highest BCUT2D eigenvalue weighted by atomic mass is 32.2. The van der Waals surface area contributed by atoms with Gasteiger partial charge in [-0.3, -0.25) is 5.41 Å². The summed E-state index contributed by atoms with van der Waals surface area (Å²) in [5.74, 6) is -0.161. The first-order valence-corrected chi connectivity index (χ1v) is 7.39. The molecule has 17 heavy (non-hydrogen) atoms. The number of nitrogens with two attached hydrogens (primary N) is 1. The first-order chi connectivity index (χ1) is 7.97. The smallest absolute Gasteiger partial charge is 0.217 e. The predicted octanol–water partition coefficient (Wildman–Crippen LogP) is 0.143. The van der Waals surface area contributed by atoms with E-state index in [1.165, 1.54) is 11.4 Å². The lowest BCUT2D eigenvalue weighted by Crippen LogP contribution is -2.45. The zero-order chi connectivity index (χ0) is 12.9. The summed E-state index contributed by atoms with van der Waals surface area (Å²) in [5.41, 5.74) is 5.33. The van der Waals surface area contributed by atoms with Crippen molar-refractivity contribution in [2.45, 2.75) is 31.7 Å². The molecule has 1 fully saturated rings. The molecular formula is C10H21N3O3S. The molecule has 0 radical (unpaired) electrons. The summed E-state index contributed by atoms with van der Waals surface area (Å²) in [5, 5.41) is 7.29. The third-order valence-corrected chi connectivity index (χ3v) is 4.79. The Morgan fingerprint density at radius 3 is 2.53 bits per heavy atom. The van der Waals surface area contributed by atoms with Crippen LogP contribution in [0.1, 0.15) is 25.7 Å². The molecule has 0 aromatic carbocycles. The Morgan fingerprint density at radius 2 is 2.06 bits per heavy atom. The van der Waals surface area contributed by atoms with Gasteiger partial charge in [-0.05, 0) is 12.8 Å². The maximum Gasteiger partial charge on any atom is 0.217 e. The van der Waals surface area contributed by atoms with Gasteiger partial charge in [0.05, 0.1) is 18.9 Å². The Bertz CT molecular complexity index is 350. The average molecular weight is 263 g/mol. The number of hydrogen-bond donors (Lipinski definition) is 2. The maximum absolute atomic E-state index is 12.1. The molecule has 1 saturated carbocycles. The van der Waals surface area contributed by atoms with Gasteiger partial charge >= 0.3 is 0 Å². The van der Waals surface area contributed by atoms with Crippen LogP contribution in [-0.4, -0.2) is 50.6 Å². The Hall–Kier alpha value is -0.660. The van der Waals surface area contributed by atoms with Crippen LogP contribution in [0.15, 0.2) is 0 Å². The van der Waals surface area contributed by atoms with Crippen LogP contribution in [0.25, 0.3) is 0 Å². The number of amidine groups is 1. The summed E-state index contributed by atoms with van der Waals surface area (Å²) in [6, 6.07) is 0.000700. The second-order valence-electron chi connectivity index (χ2n) is 4.32. The van der Waals surface area contributed by atoms with E-state index in [4.69, 9.17) is 15.9 Å². The Morgan fingerprint density at radius 1 is 1.47 bits per heavy atom. The molecule has 0 saturated heterocycles. The van der Waals surface area contributed by atoms with E-state index in [0.717, 1.165) is 25.7 Å². The van der Waals surface area contributed by atoms with E-state index < -0.39 is 10.0 Å². The van der Waals surface area contributed by atoms with E-state index >= 15 is 0 Å².